The van der Waals surface area contributed by atoms with E-state index in [1.807, 2.05) is 0 Å². The third-order valence-corrected chi connectivity index (χ3v) is 9.46. The molecule has 0 fully saturated rings. The van der Waals surface area contributed by atoms with Crippen molar-refractivity contribution in [3.8, 4) is 45.0 Å². The average Bonchev–Trinajstić information content (AvgIpc) is 3.70. The quantitative estimate of drug-likeness (QED) is 0.189. The Morgan fingerprint density at radius 1 is 0.500 bits per heavy atom. The van der Waals surface area contributed by atoms with E-state index < -0.39 is 0 Å². The summed E-state index contributed by atoms with van der Waals surface area (Å²) in [5.41, 5.74) is 14.8. The van der Waals surface area contributed by atoms with Crippen molar-refractivity contribution in [1.29, 1.82) is 0 Å². The Morgan fingerprint density at radius 3 is 1.42 bits per heavy atom. The van der Waals surface area contributed by atoms with E-state index in [1.165, 1.54) is 44.5 Å². The highest BCUT2D eigenvalue weighted by Gasteiger charge is 2.28. The van der Waals surface area contributed by atoms with Gasteiger partial charge in [0, 0.05) is 34.3 Å². The minimum atomic E-state index is 0. The Labute approximate surface area is 286 Å². The van der Waals surface area contributed by atoms with Gasteiger partial charge in [-0.05, 0) is 74.6 Å². The van der Waals surface area contributed by atoms with Crippen molar-refractivity contribution in [2.45, 2.75) is 93.2 Å². The van der Waals surface area contributed by atoms with Crippen molar-refractivity contribution in [3.63, 3.8) is 0 Å². The normalized spacial score (nSPS) is 15.6. The Bertz CT molecular complexity index is 2010. The van der Waals surface area contributed by atoms with Gasteiger partial charge >= 0.3 is 0 Å². The summed E-state index contributed by atoms with van der Waals surface area (Å²) in [5, 5.41) is 18.1. The van der Waals surface area contributed by atoms with Gasteiger partial charge in [0.2, 0.25) is 0 Å². The first-order chi connectivity index (χ1) is 22.3. The van der Waals surface area contributed by atoms with Crippen LogP contribution in [0.4, 0.5) is 0 Å². The fourth-order valence-corrected chi connectivity index (χ4v) is 7.20. The van der Waals surface area contributed by atoms with E-state index >= 15 is 0 Å². The monoisotopic (exact) mass is 638 g/mol. The Kier molecular flexibility index (Phi) is 10.1. The van der Waals surface area contributed by atoms with Crippen LogP contribution in [0.1, 0.15) is 103 Å². The van der Waals surface area contributed by atoms with Gasteiger partial charge in [0.15, 0.2) is 0 Å². The third-order valence-electron chi connectivity index (χ3n) is 9.46. The van der Waals surface area contributed by atoms with Crippen molar-refractivity contribution >= 4 is 0 Å². The van der Waals surface area contributed by atoms with Crippen LogP contribution in [-0.2, 0) is 12.8 Å². The molecule has 2 aromatic heterocycles. The topological polar surface area (TPSA) is 61.4 Å². The van der Waals surface area contributed by atoms with Gasteiger partial charge in [-0.3, -0.25) is 0 Å². The van der Waals surface area contributed by atoms with E-state index in [1.54, 1.807) is 0 Å². The molecule has 0 N–H and O–H groups in total. The molecule has 6 aromatic rings. The summed E-state index contributed by atoms with van der Waals surface area (Å²) in [5.74, 6) is 0.931. The lowest BCUT2D eigenvalue weighted by Crippen LogP contribution is -2.10. The lowest BCUT2D eigenvalue weighted by Gasteiger charge is -2.23. The summed E-state index contributed by atoms with van der Waals surface area (Å²) >= 11 is 0. The average molecular weight is 639 g/mol. The minimum Gasteiger partial charge on any atom is -0.242 e. The van der Waals surface area contributed by atoms with Gasteiger partial charge in [0.05, 0.1) is 11.4 Å². The number of nitrogens with zero attached hydrogens (tertiary/aromatic N) is 6. The van der Waals surface area contributed by atoms with Crippen LogP contribution >= 0.6 is 0 Å². The molecule has 0 amide bonds. The fraction of sp³-hybridized carbons (Fsp3) is 0.333. The molecule has 0 radical (unpaired) electrons. The van der Waals surface area contributed by atoms with Crippen molar-refractivity contribution < 1.29 is 0 Å². The maximum atomic E-state index is 4.57. The first kappa shape index (κ1) is 34.5. The molecule has 8 rings (SSSR count). The number of hydrogen-bond donors (Lipinski definition) is 0. The molecule has 0 aliphatic heterocycles. The molecule has 0 spiro atoms. The lowest BCUT2D eigenvalue weighted by molar-refractivity contribution is 0.519. The summed E-state index contributed by atoms with van der Waals surface area (Å²) in [6.07, 6.45) is 2.07. The molecule has 248 valence electrons. The second-order valence-corrected chi connectivity index (χ2v) is 13.3. The molecular weight excluding hydrogens is 589 g/mol. The van der Waals surface area contributed by atoms with E-state index in [9.17, 15) is 0 Å². The maximum absolute atomic E-state index is 4.57. The van der Waals surface area contributed by atoms with E-state index in [0.29, 0.717) is 11.8 Å². The number of rotatable bonds is 2. The van der Waals surface area contributed by atoms with Crippen LogP contribution in [0.5, 0.6) is 0 Å². The number of hydrogen-bond acceptors (Lipinski definition) is 4. The SMILES string of the molecule is C.C.CC1Cc2ccccc2-c2c(nnn2C(C)C)-c2ccccc21.CC1Cc2ccccc2-c2nnn(C(C)C)c2-c2ccccc21. The van der Waals surface area contributed by atoms with Gasteiger partial charge in [-0.25, -0.2) is 9.36 Å². The molecule has 48 heavy (non-hydrogen) atoms. The smallest absolute Gasteiger partial charge is 0.121 e. The zero-order valence-corrected chi connectivity index (χ0v) is 27.6. The first-order valence-corrected chi connectivity index (χ1v) is 16.6. The van der Waals surface area contributed by atoms with Crippen molar-refractivity contribution in [3.05, 3.63) is 119 Å². The molecule has 2 atom stereocenters. The Morgan fingerprint density at radius 2 is 0.875 bits per heavy atom. The highest BCUT2D eigenvalue weighted by molar-refractivity contribution is 5.84. The highest BCUT2D eigenvalue weighted by atomic mass is 15.4. The Balaban J connectivity index is 0.000000180. The molecule has 2 unspecified atom stereocenters. The molecule has 0 saturated carbocycles. The predicted molar refractivity (Wildman–Crippen MR) is 200 cm³/mol. The molecule has 2 aliphatic rings. The van der Waals surface area contributed by atoms with E-state index in [0.717, 1.165) is 35.6 Å². The van der Waals surface area contributed by atoms with E-state index in [2.05, 4.69) is 169 Å². The molecule has 6 heteroatoms. The molecular formula is C42H50N6. The summed E-state index contributed by atoms with van der Waals surface area (Å²) < 4.78 is 4.12. The van der Waals surface area contributed by atoms with Gasteiger partial charge in [0.1, 0.15) is 11.4 Å². The van der Waals surface area contributed by atoms with Gasteiger partial charge in [0.25, 0.3) is 0 Å². The zero-order chi connectivity index (χ0) is 31.9. The van der Waals surface area contributed by atoms with E-state index in [4.69, 9.17) is 0 Å². The zero-order valence-electron chi connectivity index (χ0n) is 27.6. The standard InChI is InChI=1S/2C20H21N3.2CH4/c1-13(2)23-20-17-10-5-4-8-15(17)12-14(3)16-9-6-7-11-18(16)19(20)21-22-23;1-13(2)23-20-18-11-7-6-9-16(18)14(3)12-15-8-4-5-10-17(15)19(20)21-22-23;;/h2*4-11,13-14H,12H2,1-3H3;2*1H4. The fourth-order valence-electron chi connectivity index (χ4n) is 7.20. The van der Waals surface area contributed by atoms with Gasteiger partial charge in [-0.2, -0.15) is 0 Å². The van der Waals surface area contributed by atoms with Gasteiger partial charge < -0.3 is 0 Å². The second kappa shape index (κ2) is 14.1. The Hall–Kier alpha value is -4.84. The second-order valence-electron chi connectivity index (χ2n) is 13.3. The van der Waals surface area contributed by atoms with Crippen LogP contribution in [0.3, 0.4) is 0 Å². The summed E-state index contributed by atoms with van der Waals surface area (Å²) in [6.45, 7) is 13.2. The largest absolute Gasteiger partial charge is 0.242 e. The molecule has 4 aromatic carbocycles. The van der Waals surface area contributed by atoms with Crippen LogP contribution in [0.2, 0.25) is 0 Å². The van der Waals surface area contributed by atoms with Crippen molar-refractivity contribution in [2.75, 3.05) is 0 Å². The van der Waals surface area contributed by atoms with Crippen LogP contribution in [0.15, 0.2) is 97.1 Å². The summed E-state index contributed by atoms with van der Waals surface area (Å²) in [4.78, 5) is 0. The molecule has 2 heterocycles. The number of aromatic nitrogens is 6. The van der Waals surface area contributed by atoms with Crippen molar-refractivity contribution in [2.24, 2.45) is 0 Å². The number of benzene rings is 4. The van der Waals surface area contributed by atoms with E-state index in [-0.39, 0.29) is 26.9 Å². The molecule has 0 saturated heterocycles. The van der Waals surface area contributed by atoms with Gasteiger partial charge in [-0.1, -0.05) is 136 Å². The summed E-state index contributed by atoms with van der Waals surface area (Å²) in [6, 6.07) is 35.2. The van der Waals surface area contributed by atoms with Crippen LogP contribution in [0, 0.1) is 0 Å². The summed E-state index contributed by atoms with van der Waals surface area (Å²) in [7, 11) is 0. The predicted octanol–water partition coefficient (Wildman–Crippen LogP) is 11.0. The first-order valence-electron chi connectivity index (χ1n) is 16.6. The molecule has 0 bridgehead atoms. The molecule has 6 nitrogen and oxygen atoms in total. The highest BCUT2D eigenvalue weighted by Crippen LogP contribution is 2.43. The molecule has 2 aliphatic carbocycles. The number of fused-ring (bicyclic) bond motifs is 10. The van der Waals surface area contributed by atoms with Crippen LogP contribution < -0.4 is 0 Å². The van der Waals surface area contributed by atoms with Gasteiger partial charge in [-0.15, -0.1) is 10.2 Å². The van der Waals surface area contributed by atoms with Crippen LogP contribution in [0.25, 0.3) is 45.0 Å². The lowest BCUT2D eigenvalue weighted by atomic mass is 9.83. The van der Waals surface area contributed by atoms with Crippen molar-refractivity contribution in [1.82, 2.24) is 30.0 Å². The third kappa shape index (κ3) is 6.00. The minimum absolute atomic E-state index is 0. The maximum Gasteiger partial charge on any atom is 0.121 e. The van der Waals surface area contributed by atoms with Crippen LogP contribution in [-0.4, -0.2) is 30.0 Å².